The molecule has 0 fully saturated rings. The first-order chi connectivity index (χ1) is 8.99. The van der Waals surface area contributed by atoms with Crippen LogP contribution in [-0.4, -0.2) is 26.2 Å². The monoisotopic (exact) mass is 404 g/mol. The zero-order valence-corrected chi connectivity index (χ0v) is 13.2. The molecule has 19 heavy (non-hydrogen) atoms. The first kappa shape index (κ1) is 14.1. The highest BCUT2D eigenvalue weighted by Gasteiger charge is 2.04. The summed E-state index contributed by atoms with van der Waals surface area (Å²) in [6, 6.07) is 3.31. The zero-order chi connectivity index (χ0) is 14.0. The maximum absolute atomic E-state index is 11.5. The summed E-state index contributed by atoms with van der Waals surface area (Å²) in [6.07, 6.45) is 2.52. The van der Waals surface area contributed by atoms with Crippen LogP contribution in [0.25, 0.3) is 0 Å². The van der Waals surface area contributed by atoms with E-state index >= 15 is 0 Å². The number of H-pyrrole nitrogens is 1. The van der Waals surface area contributed by atoms with Gasteiger partial charge in [0, 0.05) is 0 Å². The van der Waals surface area contributed by atoms with E-state index in [9.17, 15) is 9.90 Å². The fraction of sp³-hybridized carbons (Fsp3) is 0. The number of nitrogens with one attached hydrogen (secondary N) is 1. The van der Waals surface area contributed by atoms with Crippen LogP contribution in [0.2, 0.25) is 0 Å². The lowest BCUT2D eigenvalue weighted by Gasteiger charge is -2.02. The molecule has 0 aliphatic rings. The van der Waals surface area contributed by atoms with Crippen molar-refractivity contribution < 1.29 is 5.11 Å². The van der Waals surface area contributed by atoms with E-state index < -0.39 is 5.56 Å². The second-order valence-corrected chi connectivity index (χ2v) is 5.50. The van der Waals surface area contributed by atoms with Crippen LogP contribution in [0.5, 0.6) is 5.75 Å². The summed E-state index contributed by atoms with van der Waals surface area (Å²) in [5.41, 5.74) is 0.242. The molecule has 1 heterocycles. The Morgan fingerprint density at radius 3 is 2.63 bits per heavy atom. The summed E-state index contributed by atoms with van der Waals surface area (Å²) in [5.74, 6) is 0.0931. The van der Waals surface area contributed by atoms with Crippen LogP contribution < -0.4 is 5.56 Å². The molecule has 0 amide bonds. The fourth-order valence-electron chi connectivity index (χ4n) is 1.24. The molecule has 0 saturated heterocycles. The molecule has 2 rings (SSSR count). The number of hydrogen-bond donors (Lipinski definition) is 2. The molecule has 0 bridgehead atoms. The molecule has 2 aromatic rings. The number of rotatable bonds is 2. The standard InChI is InChI=1S/C10H6Br2N4O2S/c11-6-1-5(2-7(12)9(6)18)3-14-16-8(17)4-13-15-10(16)19/h1-4,18H,(H,15,19)/b14-3-. The third kappa shape index (κ3) is 3.17. The molecule has 0 unspecified atom stereocenters. The van der Waals surface area contributed by atoms with Crippen molar-refractivity contribution in [3.05, 3.63) is 48.0 Å². The van der Waals surface area contributed by atoms with Gasteiger partial charge in [0.2, 0.25) is 4.77 Å². The number of benzene rings is 1. The number of aromatic amines is 1. The molecule has 1 aromatic heterocycles. The lowest BCUT2D eigenvalue weighted by molar-refractivity contribution is 0.468. The van der Waals surface area contributed by atoms with Gasteiger partial charge in [0.1, 0.15) is 11.9 Å². The van der Waals surface area contributed by atoms with Gasteiger partial charge in [-0.3, -0.25) is 9.89 Å². The van der Waals surface area contributed by atoms with Crippen molar-refractivity contribution in [3.8, 4) is 5.75 Å². The van der Waals surface area contributed by atoms with Crippen LogP contribution in [0.1, 0.15) is 5.56 Å². The number of aromatic nitrogens is 3. The Hall–Kier alpha value is -1.32. The van der Waals surface area contributed by atoms with Crippen molar-refractivity contribution in [2.45, 2.75) is 0 Å². The van der Waals surface area contributed by atoms with E-state index in [4.69, 9.17) is 12.2 Å². The van der Waals surface area contributed by atoms with Gasteiger partial charge >= 0.3 is 0 Å². The Morgan fingerprint density at radius 1 is 1.42 bits per heavy atom. The SMILES string of the molecule is O=c1cn[nH]c(=S)n1/N=C\c1cc(Br)c(O)c(Br)c1. The number of halogens is 2. The second kappa shape index (κ2) is 5.76. The quantitative estimate of drug-likeness (QED) is 0.593. The second-order valence-electron chi connectivity index (χ2n) is 3.40. The van der Waals surface area contributed by atoms with E-state index in [1.807, 2.05) is 0 Å². The topological polar surface area (TPSA) is 83.3 Å². The Kier molecular flexibility index (Phi) is 4.27. The van der Waals surface area contributed by atoms with E-state index in [0.717, 1.165) is 10.9 Å². The van der Waals surface area contributed by atoms with E-state index in [-0.39, 0.29) is 10.5 Å². The van der Waals surface area contributed by atoms with Crippen molar-refractivity contribution >= 4 is 50.3 Å². The van der Waals surface area contributed by atoms with E-state index in [1.165, 1.54) is 6.21 Å². The molecule has 98 valence electrons. The van der Waals surface area contributed by atoms with Crippen molar-refractivity contribution in [2.24, 2.45) is 5.10 Å². The highest BCUT2D eigenvalue weighted by Crippen LogP contribution is 2.32. The van der Waals surface area contributed by atoms with Crippen molar-refractivity contribution in [1.29, 1.82) is 0 Å². The molecule has 0 atom stereocenters. The Morgan fingerprint density at radius 2 is 2.05 bits per heavy atom. The first-order valence-electron chi connectivity index (χ1n) is 4.88. The van der Waals surface area contributed by atoms with Crippen LogP contribution in [0.4, 0.5) is 0 Å². The number of phenols is 1. The van der Waals surface area contributed by atoms with E-state index in [1.54, 1.807) is 12.1 Å². The smallest absolute Gasteiger partial charge is 0.293 e. The summed E-state index contributed by atoms with van der Waals surface area (Å²) in [6.45, 7) is 0. The Bertz CT molecular complexity index is 717. The highest BCUT2D eigenvalue weighted by molar-refractivity contribution is 9.11. The predicted molar refractivity (Wildman–Crippen MR) is 80.2 cm³/mol. The Balaban J connectivity index is 2.44. The largest absolute Gasteiger partial charge is 0.506 e. The predicted octanol–water partition coefficient (Wildman–Crippen LogP) is 2.41. The Labute approximate surface area is 129 Å². The summed E-state index contributed by atoms with van der Waals surface area (Å²) >= 11 is 11.3. The minimum atomic E-state index is -0.433. The van der Waals surface area contributed by atoms with Gasteiger partial charge < -0.3 is 5.11 Å². The highest BCUT2D eigenvalue weighted by atomic mass is 79.9. The van der Waals surface area contributed by atoms with Crippen molar-refractivity contribution in [2.75, 3.05) is 0 Å². The third-order valence-electron chi connectivity index (χ3n) is 2.10. The van der Waals surface area contributed by atoms with Crippen molar-refractivity contribution in [3.63, 3.8) is 0 Å². The fourth-order valence-corrected chi connectivity index (χ4v) is 2.65. The molecule has 0 aliphatic carbocycles. The first-order valence-corrected chi connectivity index (χ1v) is 6.87. The van der Waals surface area contributed by atoms with Crippen LogP contribution in [-0.2, 0) is 0 Å². The van der Waals surface area contributed by atoms with Gasteiger partial charge in [-0.15, -0.1) is 0 Å². The molecule has 0 spiro atoms. The molecule has 0 radical (unpaired) electrons. The van der Waals surface area contributed by atoms with Gasteiger partial charge in [-0.05, 0) is 61.8 Å². The number of nitrogens with zero attached hydrogens (tertiary/aromatic N) is 3. The molecule has 2 N–H and O–H groups in total. The molecule has 0 saturated carbocycles. The molecule has 9 heteroatoms. The van der Waals surface area contributed by atoms with Gasteiger partial charge in [-0.2, -0.15) is 14.9 Å². The van der Waals surface area contributed by atoms with Crippen LogP contribution in [0.15, 0.2) is 37.2 Å². The van der Waals surface area contributed by atoms with Crippen LogP contribution >= 0.6 is 44.1 Å². The molecular formula is C10H6Br2N4O2S. The summed E-state index contributed by atoms with van der Waals surface area (Å²) < 4.78 is 2.13. The molecular weight excluding hydrogens is 400 g/mol. The minimum Gasteiger partial charge on any atom is -0.506 e. The lowest BCUT2D eigenvalue weighted by Crippen LogP contribution is -2.18. The maximum atomic E-state index is 11.5. The zero-order valence-electron chi connectivity index (χ0n) is 9.17. The van der Waals surface area contributed by atoms with Gasteiger partial charge in [0.15, 0.2) is 0 Å². The third-order valence-corrected chi connectivity index (χ3v) is 3.57. The number of hydrogen-bond acceptors (Lipinski definition) is 5. The molecule has 0 aliphatic heterocycles. The van der Waals surface area contributed by atoms with Crippen LogP contribution in [0.3, 0.4) is 0 Å². The van der Waals surface area contributed by atoms with Gasteiger partial charge in [-0.1, -0.05) is 0 Å². The average Bonchev–Trinajstić information content (AvgIpc) is 2.35. The average molecular weight is 406 g/mol. The van der Waals surface area contributed by atoms with Gasteiger partial charge in [0.25, 0.3) is 5.56 Å². The van der Waals surface area contributed by atoms with Crippen LogP contribution in [0, 0.1) is 4.77 Å². The molecule has 1 aromatic carbocycles. The summed E-state index contributed by atoms with van der Waals surface area (Å²) in [7, 11) is 0. The summed E-state index contributed by atoms with van der Waals surface area (Å²) in [5, 5.41) is 19.6. The normalized spacial score (nSPS) is 11.1. The number of phenolic OH excluding ortho intramolecular Hbond substituents is 1. The number of aromatic hydroxyl groups is 1. The van der Waals surface area contributed by atoms with E-state index in [0.29, 0.717) is 14.5 Å². The van der Waals surface area contributed by atoms with Crippen molar-refractivity contribution in [1.82, 2.24) is 14.9 Å². The van der Waals surface area contributed by atoms with E-state index in [2.05, 4.69) is 47.2 Å². The maximum Gasteiger partial charge on any atom is 0.293 e. The lowest BCUT2D eigenvalue weighted by atomic mass is 10.2. The van der Waals surface area contributed by atoms with Gasteiger partial charge in [-0.25, -0.2) is 0 Å². The minimum absolute atomic E-state index is 0.0931. The molecule has 6 nitrogen and oxygen atoms in total. The van der Waals surface area contributed by atoms with Gasteiger partial charge in [0.05, 0.1) is 15.2 Å². The summed E-state index contributed by atoms with van der Waals surface area (Å²) in [4.78, 5) is 11.5.